The number of aryl methyl sites for hydroxylation is 1. The van der Waals surface area contributed by atoms with Gasteiger partial charge in [0.15, 0.2) is 0 Å². The quantitative estimate of drug-likeness (QED) is 0.137. The van der Waals surface area contributed by atoms with Crippen molar-refractivity contribution in [2.45, 2.75) is 97.1 Å². The van der Waals surface area contributed by atoms with Gasteiger partial charge in [0.05, 0.1) is 0 Å². The summed E-state index contributed by atoms with van der Waals surface area (Å²) in [6, 6.07) is 7.70. The molecule has 0 spiro atoms. The average molecular weight is 511 g/mol. The van der Waals surface area contributed by atoms with Gasteiger partial charge in [-0.3, -0.25) is 4.79 Å². The molecule has 2 aromatic rings. The minimum absolute atomic E-state index is 0.117. The van der Waals surface area contributed by atoms with E-state index >= 15 is 0 Å². The second kappa shape index (κ2) is 15.4. The number of halogens is 3. The Morgan fingerprint density at radius 3 is 2.11 bits per heavy atom. The Morgan fingerprint density at radius 2 is 1.53 bits per heavy atom. The van der Waals surface area contributed by atoms with Gasteiger partial charge < -0.3 is 14.2 Å². The summed E-state index contributed by atoms with van der Waals surface area (Å²) < 4.78 is 56.2. The van der Waals surface area contributed by atoms with Gasteiger partial charge >= 0.3 is 18.2 Å². The smallest absolute Gasteiger partial charge is 0.422 e. The maximum atomic E-state index is 13.7. The SMILES string of the molecule is CCCCCCCc1ccc(-c2cnc(OC(OC(=O)CC)C(OCCCC)C(F)(F)F)nc2)cc1. The number of carbonyl (C=O) groups excluding carboxylic acids is 1. The predicted octanol–water partition coefficient (Wildman–Crippen LogP) is 7.06. The summed E-state index contributed by atoms with van der Waals surface area (Å²) >= 11 is 0. The maximum Gasteiger partial charge on any atom is 0.422 e. The monoisotopic (exact) mass is 510 g/mol. The molecule has 0 aliphatic carbocycles. The van der Waals surface area contributed by atoms with Gasteiger partial charge in [0.25, 0.3) is 6.29 Å². The first-order valence-corrected chi connectivity index (χ1v) is 12.7. The number of unbranched alkanes of at least 4 members (excludes halogenated alkanes) is 5. The Bertz CT molecular complexity index is 889. The molecular formula is C27H37F3N2O4. The fourth-order valence-corrected chi connectivity index (χ4v) is 3.47. The number of aromatic nitrogens is 2. The highest BCUT2D eigenvalue weighted by Crippen LogP contribution is 2.29. The molecule has 0 radical (unpaired) electrons. The summed E-state index contributed by atoms with van der Waals surface area (Å²) in [4.78, 5) is 19.9. The minimum atomic E-state index is -4.82. The molecule has 0 fully saturated rings. The van der Waals surface area contributed by atoms with Gasteiger partial charge in [0.1, 0.15) is 0 Å². The molecule has 1 heterocycles. The van der Waals surface area contributed by atoms with E-state index in [2.05, 4.69) is 29.0 Å². The first kappa shape index (κ1) is 29.5. The van der Waals surface area contributed by atoms with Crippen LogP contribution in [0.5, 0.6) is 6.01 Å². The van der Waals surface area contributed by atoms with Gasteiger partial charge in [-0.1, -0.05) is 77.1 Å². The third-order valence-corrected chi connectivity index (χ3v) is 5.61. The maximum absolute atomic E-state index is 13.7. The second-order valence-electron chi connectivity index (χ2n) is 8.63. The summed E-state index contributed by atoms with van der Waals surface area (Å²) in [5.74, 6) is -0.851. The lowest BCUT2D eigenvalue weighted by molar-refractivity contribution is -0.280. The van der Waals surface area contributed by atoms with Crippen molar-refractivity contribution in [1.29, 1.82) is 0 Å². The zero-order valence-corrected chi connectivity index (χ0v) is 21.4. The van der Waals surface area contributed by atoms with Crippen molar-refractivity contribution in [3.63, 3.8) is 0 Å². The molecule has 0 saturated carbocycles. The molecule has 9 heteroatoms. The molecule has 1 aromatic carbocycles. The molecule has 200 valence electrons. The third-order valence-electron chi connectivity index (χ3n) is 5.61. The van der Waals surface area contributed by atoms with Crippen molar-refractivity contribution in [2.24, 2.45) is 0 Å². The number of alkyl halides is 3. The Morgan fingerprint density at radius 1 is 0.889 bits per heavy atom. The van der Waals surface area contributed by atoms with Crippen molar-refractivity contribution in [3.05, 3.63) is 42.2 Å². The molecule has 0 aliphatic heterocycles. The molecule has 0 bridgehead atoms. The van der Waals surface area contributed by atoms with Crippen molar-refractivity contribution < 1.29 is 32.2 Å². The number of esters is 1. The first-order chi connectivity index (χ1) is 17.3. The number of nitrogens with zero attached hydrogens (tertiary/aromatic N) is 2. The van der Waals surface area contributed by atoms with Crippen LogP contribution in [0.2, 0.25) is 0 Å². The summed E-state index contributed by atoms with van der Waals surface area (Å²) in [5.41, 5.74) is 2.81. The van der Waals surface area contributed by atoms with Gasteiger partial charge in [0.2, 0.25) is 6.10 Å². The lowest BCUT2D eigenvalue weighted by Crippen LogP contribution is -2.47. The Hall–Kier alpha value is -2.68. The highest BCUT2D eigenvalue weighted by Gasteiger charge is 2.49. The number of hydrogen-bond donors (Lipinski definition) is 0. The highest BCUT2D eigenvalue weighted by atomic mass is 19.4. The number of rotatable bonds is 16. The zero-order chi connectivity index (χ0) is 26.4. The fourth-order valence-electron chi connectivity index (χ4n) is 3.47. The van der Waals surface area contributed by atoms with E-state index in [9.17, 15) is 18.0 Å². The van der Waals surface area contributed by atoms with Crippen LogP contribution in [-0.2, 0) is 20.7 Å². The molecule has 36 heavy (non-hydrogen) atoms. The van der Waals surface area contributed by atoms with Crippen molar-refractivity contribution in [3.8, 4) is 17.1 Å². The number of carbonyl (C=O) groups is 1. The van der Waals surface area contributed by atoms with Crippen LogP contribution in [0.4, 0.5) is 13.2 Å². The molecule has 0 N–H and O–H groups in total. The van der Waals surface area contributed by atoms with Gasteiger partial charge in [-0.05, 0) is 30.4 Å². The summed E-state index contributed by atoms with van der Waals surface area (Å²) in [6.07, 6.45) is 1.68. The average Bonchev–Trinajstić information content (AvgIpc) is 2.86. The van der Waals surface area contributed by atoms with E-state index in [0.717, 1.165) is 18.4 Å². The van der Waals surface area contributed by atoms with E-state index < -0.39 is 24.5 Å². The molecule has 1 aromatic heterocycles. The van der Waals surface area contributed by atoms with Crippen LogP contribution in [0.15, 0.2) is 36.7 Å². The van der Waals surface area contributed by atoms with Crippen LogP contribution in [0.25, 0.3) is 11.1 Å². The van der Waals surface area contributed by atoms with E-state index in [1.165, 1.54) is 50.6 Å². The Kier molecular flexibility index (Phi) is 12.7. The molecule has 2 rings (SSSR count). The Labute approximate surface area is 211 Å². The molecule has 2 unspecified atom stereocenters. The van der Waals surface area contributed by atoms with Crippen LogP contribution in [-0.4, -0.2) is 41.1 Å². The van der Waals surface area contributed by atoms with Gasteiger partial charge in [-0.25, -0.2) is 9.97 Å². The third kappa shape index (κ3) is 10.1. The van der Waals surface area contributed by atoms with Crippen molar-refractivity contribution in [2.75, 3.05) is 6.61 Å². The first-order valence-electron chi connectivity index (χ1n) is 12.7. The second-order valence-corrected chi connectivity index (χ2v) is 8.63. The van der Waals surface area contributed by atoms with E-state index in [1.54, 1.807) is 0 Å². The van der Waals surface area contributed by atoms with Crippen LogP contribution >= 0.6 is 0 Å². The standard InChI is InChI=1S/C27H37F3N2O4/c1-4-7-9-10-11-12-20-13-15-21(16-14-20)22-18-31-26(32-19-22)36-25(35-23(33)6-3)24(27(28,29)30)34-17-8-5-2/h13-16,18-19,24-25H,4-12,17H2,1-3H3. The van der Waals surface area contributed by atoms with Crippen molar-refractivity contribution >= 4 is 5.97 Å². The molecule has 0 aliphatic rings. The Balaban J connectivity index is 2.08. The van der Waals surface area contributed by atoms with E-state index in [0.29, 0.717) is 18.4 Å². The largest absolute Gasteiger partial charge is 0.422 e. The van der Waals surface area contributed by atoms with E-state index in [1.807, 2.05) is 19.1 Å². The predicted molar refractivity (Wildman–Crippen MR) is 131 cm³/mol. The molecule has 0 amide bonds. The van der Waals surface area contributed by atoms with Gasteiger partial charge in [-0.2, -0.15) is 13.2 Å². The minimum Gasteiger partial charge on any atom is -0.422 e. The topological polar surface area (TPSA) is 70.5 Å². The van der Waals surface area contributed by atoms with E-state index in [4.69, 9.17) is 14.2 Å². The number of ether oxygens (including phenoxy) is 3. The lowest BCUT2D eigenvalue weighted by Gasteiger charge is -2.28. The van der Waals surface area contributed by atoms with Crippen LogP contribution in [0.1, 0.15) is 77.7 Å². The molecule has 6 nitrogen and oxygen atoms in total. The van der Waals surface area contributed by atoms with Gasteiger partial charge in [0, 0.05) is 31.0 Å². The van der Waals surface area contributed by atoms with Crippen molar-refractivity contribution in [1.82, 2.24) is 9.97 Å². The van der Waals surface area contributed by atoms with Crippen LogP contribution in [0, 0.1) is 0 Å². The fraction of sp³-hybridized carbons (Fsp3) is 0.593. The highest BCUT2D eigenvalue weighted by molar-refractivity contribution is 5.69. The summed E-state index contributed by atoms with van der Waals surface area (Å²) in [5, 5.41) is 0. The van der Waals surface area contributed by atoms with Crippen LogP contribution in [0.3, 0.4) is 0 Å². The van der Waals surface area contributed by atoms with Gasteiger partial charge in [-0.15, -0.1) is 0 Å². The molecule has 2 atom stereocenters. The summed E-state index contributed by atoms with van der Waals surface area (Å²) in [6.45, 7) is 5.35. The normalized spacial score (nSPS) is 13.3. The lowest BCUT2D eigenvalue weighted by atomic mass is 10.0. The van der Waals surface area contributed by atoms with Crippen LogP contribution < -0.4 is 4.74 Å². The summed E-state index contributed by atoms with van der Waals surface area (Å²) in [7, 11) is 0. The number of benzene rings is 1. The molecule has 0 saturated heterocycles. The molecular weight excluding hydrogens is 473 g/mol. The number of hydrogen-bond acceptors (Lipinski definition) is 6. The van der Waals surface area contributed by atoms with E-state index in [-0.39, 0.29) is 19.0 Å². The zero-order valence-electron chi connectivity index (χ0n) is 21.4.